The predicted octanol–water partition coefficient (Wildman–Crippen LogP) is 3.95. The fourth-order valence-electron chi connectivity index (χ4n) is 3.17. The van der Waals surface area contributed by atoms with E-state index >= 15 is 0 Å². The van der Waals surface area contributed by atoms with Gasteiger partial charge in [0.25, 0.3) is 11.1 Å². The van der Waals surface area contributed by atoms with Crippen LogP contribution in [0.15, 0.2) is 63.9 Å². The highest BCUT2D eigenvalue weighted by molar-refractivity contribution is 8.18. The van der Waals surface area contributed by atoms with Crippen molar-refractivity contribution >= 4 is 58.1 Å². The van der Waals surface area contributed by atoms with E-state index in [-0.39, 0.29) is 15.5 Å². The van der Waals surface area contributed by atoms with Crippen LogP contribution in [0.25, 0.3) is 17.4 Å². The van der Waals surface area contributed by atoms with Crippen molar-refractivity contribution in [3.63, 3.8) is 0 Å². The molecule has 1 saturated heterocycles. The lowest BCUT2D eigenvalue weighted by Crippen LogP contribution is -2.36. The number of carbonyl (C=O) groups is 4. The number of rotatable bonds is 6. The summed E-state index contributed by atoms with van der Waals surface area (Å²) in [6, 6.07) is 14.6. The number of carboxylic acid groups (broad SMARTS) is 1. The van der Waals surface area contributed by atoms with Crippen LogP contribution in [0.2, 0.25) is 5.02 Å². The van der Waals surface area contributed by atoms with Crippen molar-refractivity contribution < 1.29 is 28.7 Å². The number of nitrogens with zero attached hydrogens (tertiary/aromatic N) is 1. The van der Waals surface area contributed by atoms with E-state index in [2.05, 4.69) is 5.32 Å². The Morgan fingerprint density at radius 2 is 1.85 bits per heavy atom. The van der Waals surface area contributed by atoms with Crippen molar-refractivity contribution in [2.24, 2.45) is 0 Å². The van der Waals surface area contributed by atoms with Crippen LogP contribution in [-0.2, 0) is 9.59 Å². The number of anilines is 1. The summed E-state index contributed by atoms with van der Waals surface area (Å²) in [5, 5.41) is 13.1. The Morgan fingerprint density at radius 3 is 2.53 bits per heavy atom. The molecule has 0 atom stereocenters. The molecule has 34 heavy (non-hydrogen) atoms. The molecule has 0 unspecified atom stereocenters. The maximum atomic E-state index is 12.7. The first-order valence-electron chi connectivity index (χ1n) is 9.94. The van der Waals surface area contributed by atoms with Crippen molar-refractivity contribution in [1.82, 2.24) is 4.90 Å². The second kappa shape index (κ2) is 9.58. The number of imide groups is 1. The molecule has 0 saturated carbocycles. The third-order valence-electron chi connectivity index (χ3n) is 4.88. The zero-order valence-corrected chi connectivity index (χ0v) is 19.2. The van der Waals surface area contributed by atoms with Gasteiger partial charge in [-0.3, -0.25) is 19.3 Å². The molecule has 1 N–H and O–H groups in total. The van der Waals surface area contributed by atoms with Gasteiger partial charge in [-0.1, -0.05) is 41.4 Å². The van der Waals surface area contributed by atoms with E-state index in [1.165, 1.54) is 24.3 Å². The van der Waals surface area contributed by atoms with Crippen molar-refractivity contribution in [2.75, 3.05) is 11.9 Å². The third kappa shape index (κ3) is 5.05. The summed E-state index contributed by atoms with van der Waals surface area (Å²) in [4.78, 5) is 49.3. The van der Waals surface area contributed by atoms with E-state index < -0.39 is 29.6 Å². The van der Waals surface area contributed by atoms with Crippen molar-refractivity contribution in [3.8, 4) is 11.3 Å². The number of amides is 3. The summed E-state index contributed by atoms with van der Waals surface area (Å²) in [7, 11) is 0. The lowest BCUT2D eigenvalue weighted by molar-refractivity contribution is -0.255. The smallest absolute Gasteiger partial charge is 0.294 e. The third-order valence-corrected chi connectivity index (χ3v) is 6.10. The van der Waals surface area contributed by atoms with Crippen LogP contribution in [0.5, 0.6) is 0 Å². The van der Waals surface area contributed by atoms with Crippen LogP contribution in [-0.4, -0.2) is 34.5 Å². The maximum Gasteiger partial charge on any atom is 0.294 e. The molecular formula is C24H16ClN2O6S-. The number of furan rings is 1. The molecule has 2 aromatic carbocycles. The molecule has 0 bridgehead atoms. The number of aryl methyl sites for hydroxylation is 1. The first-order chi connectivity index (χ1) is 16.2. The SMILES string of the molecule is Cc1ccc(NC(=O)CN2C(=O)S/C(=C\c3ccc(-c4ccc(C(=O)[O-])c(Cl)c4)o3)C2=O)cc1. The molecule has 0 radical (unpaired) electrons. The summed E-state index contributed by atoms with van der Waals surface area (Å²) in [5.74, 6) is -1.81. The minimum Gasteiger partial charge on any atom is -0.545 e. The monoisotopic (exact) mass is 495 g/mol. The zero-order chi connectivity index (χ0) is 24.4. The van der Waals surface area contributed by atoms with Gasteiger partial charge in [0.05, 0.1) is 15.9 Å². The standard InChI is InChI=1S/C24H17ClN2O6S/c1-13-2-5-15(6-3-13)26-21(28)12-27-22(29)20(34-24(27)32)11-16-7-9-19(33-16)14-4-8-17(23(30)31)18(25)10-14/h2-11H,12H2,1H3,(H,26,28)(H,30,31)/p-1/b20-11-. The molecule has 2 heterocycles. The number of benzene rings is 2. The van der Waals surface area contributed by atoms with E-state index in [4.69, 9.17) is 16.0 Å². The topological polar surface area (TPSA) is 120 Å². The molecule has 4 rings (SSSR count). The van der Waals surface area contributed by atoms with Crippen molar-refractivity contribution in [2.45, 2.75) is 6.92 Å². The van der Waals surface area contributed by atoms with Gasteiger partial charge in [0.15, 0.2) is 0 Å². The number of hydrogen-bond donors (Lipinski definition) is 1. The van der Waals surface area contributed by atoms with Crippen LogP contribution in [0.4, 0.5) is 10.5 Å². The lowest BCUT2D eigenvalue weighted by atomic mass is 10.1. The van der Waals surface area contributed by atoms with E-state index in [9.17, 15) is 24.3 Å². The number of carbonyl (C=O) groups excluding carboxylic acids is 4. The summed E-state index contributed by atoms with van der Waals surface area (Å²) >= 11 is 6.68. The van der Waals surface area contributed by atoms with Crippen LogP contribution in [0.1, 0.15) is 21.7 Å². The van der Waals surface area contributed by atoms with Crippen molar-refractivity contribution in [1.29, 1.82) is 0 Å². The van der Waals surface area contributed by atoms with Crippen molar-refractivity contribution in [3.05, 3.63) is 81.4 Å². The highest BCUT2D eigenvalue weighted by atomic mass is 35.5. The Labute approximate surface area is 203 Å². The predicted molar refractivity (Wildman–Crippen MR) is 126 cm³/mol. The van der Waals surface area contributed by atoms with E-state index in [1.807, 2.05) is 19.1 Å². The summed E-state index contributed by atoms with van der Waals surface area (Å²) in [6.07, 6.45) is 1.41. The van der Waals surface area contributed by atoms with Gasteiger partial charge in [0.1, 0.15) is 18.1 Å². The Morgan fingerprint density at radius 1 is 1.12 bits per heavy atom. The molecule has 8 nitrogen and oxygen atoms in total. The number of aromatic carboxylic acids is 1. The minimum absolute atomic E-state index is 0.000447. The summed E-state index contributed by atoms with van der Waals surface area (Å²) in [6.45, 7) is 1.50. The largest absolute Gasteiger partial charge is 0.545 e. The maximum absolute atomic E-state index is 12.7. The van der Waals surface area contributed by atoms with Gasteiger partial charge in [0.2, 0.25) is 5.91 Å². The number of carboxylic acids is 1. The molecular weight excluding hydrogens is 480 g/mol. The average Bonchev–Trinajstić information content (AvgIpc) is 3.35. The fourth-order valence-corrected chi connectivity index (χ4v) is 4.24. The lowest BCUT2D eigenvalue weighted by Gasteiger charge is -2.12. The van der Waals surface area contributed by atoms with Crippen LogP contribution >= 0.6 is 23.4 Å². The number of halogens is 1. The molecule has 1 aliphatic heterocycles. The Balaban J connectivity index is 1.45. The quantitative estimate of drug-likeness (QED) is 0.514. The molecule has 3 amide bonds. The van der Waals surface area contributed by atoms with Gasteiger partial charge in [-0.05, 0) is 49.0 Å². The van der Waals surface area contributed by atoms with Crippen LogP contribution in [0.3, 0.4) is 0 Å². The Kier molecular flexibility index (Phi) is 6.58. The fraction of sp³-hybridized carbons (Fsp3) is 0.0833. The van der Waals surface area contributed by atoms with E-state index in [1.54, 1.807) is 24.3 Å². The second-order valence-electron chi connectivity index (χ2n) is 7.37. The molecule has 1 fully saturated rings. The van der Waals surface area contributed by atoms with Gasteiger partial charge in [-0.25, -0.2) is 0 Å². The minimum atomic E-state index is -1.39. The van der Waals surface area contributed by atoms with Crippen LogP contribution in [0, 0.1) is 6.92 Å². The molecule has 172 valence electrons. The van der Waals surface area contributed by atoms with Gasteiger partial charge in [-0.2, -0.15) is 0 Å². The van der Waals surface area contributed by atoms with Gasteiger partial charge >= 0.3 is 0 Å². The number of nitrogens with one attached hydrogen (secondary N) is 1. The normalized spacial score (nSPS) is 14.6. The number of thioether (sulfide) groups is 1. The van der Waals surface area contributed by atoms with Crippen LogP contribution < -0.4 is 10.4 Å². The first-order valence-corrected chi connectivity index (χ1v) is 11.1. The molecule has 1 aromatic heterocycles. The molecule has 1 aliphatic rings. The average molecular weight is 496 g/mol. The highest BCUT2D eigenvalue weighted by Gasteiger charge is 2.36. The number of hydrogen-bond acceptors (Lipinski definition) is 7. The molecule has 0 spiro atoms. The summed E-state index contributed by atoms with van der Waals surface area (Å²) < 4.78 is 5.70. The molecule has 3 aromatic rings. The Bertz CT molecular complexity index is 1350. The van der Waals surface area contributed by atoms with Gasteiger partial charge < -0.3 is 19.6 Å². The molecule has 0 aliphatic carbocycles. The van der Waals surface area contributed by atoms with E-state index in [0.717, 1.165) is 10.5 Å². The summed E-state index contributed by atoms with van der Waals surface area (Å²) in [5.41, 5.74) is 1.98. The zero-order valence-electron chi connectivity index (χ0n) is 17.7. The van der Waals surface area contributed by atoms with Gasteiger partial charge in [0, 0.05) is 22.9 Å². The van der Waals surface area contributed by atoms with Gasteiger partial charge in [-0.15, -0.1) is 0 Å². The Hall–Kier alpha value is -3.82. The highest BCUT2D eigenvalue weighted by Crippen LogP contribution is 2.34. The second-order valence-corrected chi connectivity index (χ2v) is 8.77. The molecule has 10 heteroatoms. The van der Waals surface area contributed by atoms with E-state index in [0.29, 0.717) is 34.5 Å². The first kappa shape index (κ1) is 23.3.